The molecule has 7 heteroatoms. The lowest BCUT2D eigenvalue weighted by atomic mass is 10.0. The Bertz CT molecular complexity index is 1300. The topological polar surface area (TPSA) is 99.4 Å². The lowest BCUT2D eigenvalue weighted by Crippen LogP contribution is -2.15. The van der Waals surface area contributed by atoms with Crippen LogP contribution < -0.4 is 0 Å². The van der Waals surface area contributed by atoms with Crippen molar-refractivity contribution in [2.75, 3.05) is 6.61 Å². The summed E-state index contributed by atoms with van der Waals surface area (Å²) in [7, 11) is 0. The second-order valence-electron chi connectivity index (χ2n) is 6.74. The van der Waals surface area contributed by atoms with Crippen LogP contribution in [0.3, 0.4) is 0 Å². The van der Waals surface area contributed by atoms with E-state index in [1.165, 1.54) is 18.2 Å². The highest BCUT2D eigenvalue weighted by atomic mass is 16.6. The standard InChI is InChI=1S/C24H16N2O5/c27-23(17-9-6-10-18(13-17)26(29)30)15-31-24(28)20-14-22(16-7-2-1-3-8-16)25-21-12-5-4-11-19(20)21/h1-14H,15H2. The van der Waals surface area contributed by atoms with E-state index >= 15 is 0 Å². The predicted octanol–water partition coefficient (Wildman–Crippen LogP) is 4.85. The zero-order valence-corrected chi connectivity index (χ0v) is 16.2. The van der Waals surface area contributed by atoms with Gasteiger partial charge in [0.25, 0.3) is 5.69 Å². The first-order chi connectivity index (χ1) is 15.0. The molecule has 0 saturated heterocycles. The highest BCUT2D eigenvalue weighted by Gasteiger charge is 2.18. The molecule has 0 bridgehead atoms. The fourth-order valence-electron chi connectivity index (χ4n) is 3.19. The molecule has 0 fully saturated rings. The Balaban J connectivity index is 1.61. The van der Waals surface area contributed by atoms with E-state index in [0.717, 1.165) is 11.6 Å². The van der Waals surface area contributed by atoms with Gasteiger partial charge in [0.2, 0.25) is 5.78 Å². The summed E-state index contributed by atoms with van der Waals surface area (Å²) in [5, 5.41) is 11.5. The minimum absolute atomic E-state index is 0.103. The fraction of sp³-hybridized carbons (Fsp3) is 0.0417. The van der Waals surface area contributed by atoms with Gasteiger partial charge in [-0.25, -0.2) is 9.78 Å². The highest BCUT2D eigenvalue weighted by molar-refractivity contribution is 6.06. The van der Waals surface area contributed by atoms with Crippen LogP contribution in [0.1, 0.15) is 20.7 Å². The van der Waals surface area contributed by atoms with Crippen LogP contribution in [0.25, 0.3) is 22.2 Å². The van der Waals surface area contributed by atoms with E-state index in [-0.39, 0.29) is 16.8 Å². The largest absolute Gasteiger partial charge is 0.454 e. The maximum atomic E-state index is 12.8. The Morgan fingerprint density at radius 3 is 2.42 bits per heavy atom. The number of pyridine rings is 1. The number of nitro groups is 1. The van der Waals surface area contributed by atoms with Crippen molar-refractivity contribution in [3.05, 3.63) is 106 Å². The van der Waals surface area contributed by atoms with E-state index in [4.69, 9.17) is 4.74 Å². The Morgan fingerprint density at radius 1 is 0.903 bits per heavy atom. The number of para-hydroxylation sites is 1. The molecular formula is C24H16N2O5. The van der Waals surface area contributed by atoms with Gasteiger partial charge in [0, 0.05) is 28.6 Å². The molecule has 0 spiro atoms. The zero-order chi connectivity index (χ0) is 21.8. The van der Waals surface area contributed by atoms with E-state index < -0.39 is 23.3 Å². The van der Waals surface area contributed by atoms with Crippen LogP contribution in [0.2, 0.25) is 0 Å². The van der Waals surface area contributed by atoms with Gasteiger partial charge < -0.3 is 4.74 Å². The molecule has 0 radical (unpaired) electrons. The number of aromatic nitrogens is 1. The second-order valence-corrected chi connectivity index (χ2v) is 6.74. The number of carbonyl (C=O) groups excluding carboxylic acids is 2. The number of fused-ring (bicyclic) bond motifs is 1. The van der Waals surface area contributed by atoms with Gasteiger partial charge >= 0.3 is 5.97 Å². The maximum absolute atomic E-state index is 12.8. The smallest absolute Gasteiger partial charge is 0.339 e. The fourth-order valence-corrected chi connectivity index (χ4v) is 3.19. The molecule has 0 unspecified atom stereocenters. The summed E-state index contributed by atoms with van der Waals surface area (Å²) in [6.45, 7) is -0.530. The summed E-state index contributed by atoms with van der Waals surface area (Å²) in [6.07, 6.45) is 0. The Morgan fingerprint density at radius 2 is 1.65 bits per heavy atom. The molecule has 0 aliphatic heterocycles. The monoisotopic (exact) mass is 412 g/mol. The van der Waals surface area contributed by atoms with E-state index in [2.05, 4.69) is 4.98 Å². The summed E-state index contributed by atoms with van der Waals surface area (Å²) in [4.78, 5) is 40.2. The number of non-ortho nitro benzene ring substituents is 1. The van der Waals surface area contributed by atoms with Gasteiger partial charge in [0.1, 0.15) is 0 Å². The van der Waals surface area contributed by atoms with Gasteiger partial charge in [0.05, 0.1) is 21.7 Å². The molecule has 0 N–H and O–H groups in total. The lowest BCUT2D eigenvalue weighted by Gasteiger charge is -2.10. The van der Waals surface area contributed by atoms with Crippen molar-refractivity contribution in [2.45, 2.75) is 0 Å². The molecule has 4 rings (SSSR count). The van der Waals surface area contributed by atoms with Gasteiger partial charge in [0.15, 0.2) is 6.61 Å². The first-order valence-electron chi connectivity index (χ1n) is 9.43. The molecule has 1 aromatic heterocycles. The summed E-state index contributed by atoms with van der Waals surface area (Å²) in [5.41, 5.74) is 2.26. The number of nitrogens with zero attached hydrogens (tertiary/aromatic N) is 2. The first kappa shape index (κ1) is 19.9. The molecular weight excluding hydrogens is 396 g/mol. The summed E-state index contributed by atoms with van der Waals surface area (Å²) in [6, 6.07) is 23.5. The zero-order valence-electron chi connectivity index (χ0n) is 16.2. The van der Waals surface area contributed by atoms with Crippen LogP contribution in [0, 0.1) is 10.1 Å². The van der Waals surface area contributed by atoms with Gasteiger partial charge in [-0.15, -0.1) is 0 Å². The van der Waals surface area contributed by atoms with Crippen molar-refractivity contribution in [1.29, 1.82) is 0 Å². The molecule has 3 aromatic carbocycles. The molecule has 0 amide bonds. The van der Waals surface area contributed by atoms with E-state index in [9.17, 15) is 19.7 Å². The Labute approximate surface area is 177 Å². The molecule has 152 valence electrons. The lowest BCUT2D eigenvalue weighted by molar-refractivity contribution is -0.384. The van der Waals surface area contributed by atoms with Crippen molar-refractivity contribution < 1.29 is 19.2 Å². The quantitative estimate of drug-likeness (QED) is 0.194. The molecule has 0 aliphatic rings. The number of ketones is 1. The van der Waals surface area contributed by atoms with Crippen LogP contribution in [0.15, 0.2) is 84.9 Å². The maximum Gasteiger partial charge on any atom is 0.339 e. The van der Waals surface area contributed by atoms with E-state index in [1.807, 2.05) is 36.4 Å². The normalized spacial score (nSPS) is 10.6. The number of carbonyl (C=O) groups is 2. The van der Waals surface area contributed by atoms with Crippen molar-refractivity contribution in [2.24, 2.45) is 0 Å². The van der Waals surface area contributed by atoms with Crippen molar-refractivity contribution in [3.8, 4) is 11.3 Å². The third-order valence-corrected chi connectivity index (χ3v) is 4.72. The highest BCUT2D eigenvalue weighted by Crippen LogP contribution is 2.25. The van der Waals surface area contributed by atoms with Crippen LogP contribution >= 0.6 is 0 Å². The number of Topliss-reactive ketones (excluding diaryl/α,β-unsaturated/α-hetero) is 1. The molecule has 0 aliphatic carbocycles. The minimum atomic E-state index is -0.672. The van der Waals surface area contributed by atoms with E-state index in [1.54, 1.807) is 24.3 Å². The van der Waals surface area contributed by atoms with Crippen molar-refractivity contribution in [3.63, 3.8) is 0 Å². The molecule has 7 nitrogen and oxygen atoms in total. The summed E-state index contributed by atoms with van der Waals surface area (Å²) >= 11 is 0. The average Bonchev–Trinajstić information content (AvgIpc) is 2.82. The van der Waals surface area contributed by atoms with Gasteiger partial charge in [-0.2, -0.15) is 0 Å². The van der Waals surface area contributed by atoms with Crippen LogP contribution in [0.4, 0.5) is 5.69 Å². The molecule has 0 saturated carbocycles. The summed E-state index contributed by atoms with van der Waals surface area (Å²) < 4.78 is 5.26. The molecule has 1 heterocycles. The Kier molecular flexibility index (Phi) is 5.49. The number of hydrogen-bond donors (Lipinski definition) is 0. The van der Waals surface area contributed by atoms with Crippen LogP contribution in [-0.2, 0) is 4.74 Å². The van der Waals surface area contributed by atoms with Crippen LogP contribution in [0.5, 0.6) is 0 Å². The second kappa shape index (κ2) is 8.54. The number of nitro benzene ring substituents is 1. The number of ether oxygens (including phenoxy) is 1. The predicted molar refractivity (Wildman–Crippen MR) is 115 cm³/mol. The minimum Gasteiger partial charge on any atom is -0.454 e. The third kappa shape index (κ3) is 4.30. The number of hydrogen-bond acceptors (Lipinski definition) is 6. The van der Waals surface area contributed by atoms with Gasteiger partial charge in [-0.3, -0.25) is 14.9 Å². The molecule has 31 heavy (non-hydrogen) atoms. The molecule has 0 atom stereocenters. The average molecular weight is 412 g/mol. The molecule has 4 aromatic rings. The van der Waals surface area contributed by atoms with Gasteiger partial charge in [-0.05, 0) is 12.1 Å². The summed E-state index contributed by atoms with van der Waals surface area (Å²) in [5.74, 6) is -1.20. The number of esters is 1. The van der Waals surface area contributed by atoms with Crippen molar-refractivity contribution >= 4 is 28.3 Å². The Hall–Kier alpha value is -4.39. The third-order valence-electron chi connectivity index (χ3n) is 4.72. The van der Waals surface area contributed by atoms with E-state index in [0.29, 0.717) is 16.6 Å². The number of benzene rings is 3. The SMILES string of the molecule is O=C(COC(=O)c1cc(-c2ccccc2)nc2ccccc12)c1cccc([N+](=O)[O-])c1. The first-order valence-corrected chi connectivity index (χ1v) is 9.43. The van der Waals surface area contributed by atoms with Crippen molar-refractivity contribution in [1.82, 2.24) is 4.98 Å². The van der Waals surface area contributed by atoms with Gasteiger partial charge in [-0.1, -0.05) is 60.7 Å². The van der Waals surface area contributed by atoms with Crippen LogP contribution in [-0.4, -0.2) is 28.3 Å². The number of rotatable bonds is 6.